The largest absolute Gasteiger partial charge is 0.308 e. The first-order chi connectivity index (χ1) is 8.91. The van der Waals surface area contributed by atoms with E-state index in [0.29, 0.717) is 0 Å². The van der Waals surface area contributed by atoms with Crippen molar-refractivity contribution in [3.63, 3.8) is 0 Å². The topological polar surface area (TPSA) is 12.0 Å². The summed E-state index contributed by atoms with van der Waals surface area (Å²) in [7, 11) is 0. The molecule has 0 aromatic heterocycles. The van der Waals surface area contributed by atoms with E-state index in [0.717, 1.165) is 12.8 Å². The van der Waals surface area contributed by atoms with Crippen LogP contribution in [0.5, 0.6) is 0 Å². The molecule has 0 saturated heterocycles. The second kappa shape index (κ2) is 7.56. The predicted molar refractivity (Wildman–Crippen MR) is 77.8 cm³/mol. The average molecular weight is 275 g/mol. The van der Waals surface area contributed by atoms with E-state index >= 15 is 0 Å². The third kappa shape index (κ3) is 6.20. The summed E-state index contributed by atoms with van der Waals surface area (Å²) in [5.41, 5.74) is 0.0610. The van der Waals surface area contributed by atoms with Gasteiger partial charge in [0.15, 0.2) is 0 Å². The van der Waals surface area contributed by atoms with Gasteiger partial charge in [-0.25, -0.2) is 8.78 Å². The van der Waals surface area contributed by atoms with Gasteiger partial charge in [-0.05, 0) is 19.8 Å². The molecule has 0 aromatic carbocycles. The Bertz CT molecular complexity index is 235. The lowest BCUT2D eigenvalue weighted by Crippen LogP contribution is -2.56. The van der Waals surface area contributed by atoms with Crippen LogP contribution in [0, 0.1) is 0 Å². The van der Waals surface area contributed by atoms with Crippen LogP contribution in [0.15, 0.2) is 0 Å². The SMILES string of the molecule is CCCCCC(C)(CCCCC)NC1CC(F)(F)C1. The van der Waals surface area contributed by atoms with Gasteiger partial charge < -0.3 is 5.32 Å². The number of nitrogens with one attached hydrogen (secondary N) is 1. The Morgan fingerprint density at radius 2 is 1.47 bits per heavy atom. The number of rotatable bonds is 10. The summed E-state index contributed by atoms with van der Waals surface area (Å²) < 4.78 is 25.9. The molecule has 0 heterocycles. The molecule has 0 radical (unpaired) electrons. The molecule has 0 amide bonds. The molecule has 1 nitrogen and oxygen atoms in total. The molecular weight excluding hydrogens is 244 g/mol. The number of hydrogen-bond acceptors (Lipinski definition) is 1. The Labute approximate surface area is 117 Å². The van der Waals surface area contributed by atoms with Crippen molar-refractivity contribution in [2.24, 2.45) is 0 Å². The summed E-state index contributed by atoms with van der Waals surface area (Å²) >= 11 is 0. The van der Waals surface area contributed by atoms with E-state index in [9.17, 15) is 8.78 Å². The maximum absolute atomic E-state index is 12.9. The Kier molecular flexibility index (Phi) is 6.72. The van der Waals surface area contributed by atoms with Crippen LogP contribution in [0.1, 0.15) is 85.0 Å². The second-order valence-electron chi connectivity index (χ2n) is 6.58. The molecule has 0 aromatic rings. The summed E-state index contributed by atoms with van der Waals surface area (Å²) in [6, 6.07) is 0.0308. The number of alkyl halides is 2. The molecule has 114 valence electrons. The van der Waals surface area contributed by atoms with E-state index in [1.54, 1.807) is 0 Å². The molecule has 0 bridgehead atoms. The van der Waals surface area contributed by atoms with E-state index in [4.69, 9.17) is 0 Å². The van der Waals surface area contributed by atoms with E-state index in [-0.39, 0.29) is 24.4 Å². The van der Waals surface area contributed by atoms with Crippen LogP contribution in [-0.4, -0.2) is 17.5 Å². The summed E-state index contributed by atoms with van der Waals surface area (Å²) in [6.45, 7) is 6.64. The molecule has 1 saturated carbocycles. The molecule has 0 unspecified atom stereocenters. The van der Waals surface area contributed by atoms with Gasteiger partial charge in [0.1, 0.15) is 0 Å². The highest BCUT2D eigenvalue weighted by Crippen LogP contribution is 2.39. The first-order valence-electron chi connectivity index (χ1n) is 8.06. The summed E-state index contributed by atoms with van der Waals surface area (Å²) in [6.07, 6.45) is 9.62. The first kappa shape index (κ1) is 16.9. The zero-order valence-corrected chi connectivity index (χ0v) is 12.9. The van der Waals surface area contributed by atoms with Gasteiger partial charge in [0.2, 0.25) is 0 Å². The maximum atomic E-state index is 12.9. The fourth-order valence-corrected chi connectivity index (χ4v) is 3.06. The minimum absolute atomic E-state index is 0.0308. The standard InChI is InChI=1S/C16H31F2N/c1-4-6-8-10-15(3,11-9-7-5-2)19-14-12-16(17,18)13-14/h14,19H,4-13H2,1-3H3. The minimum atomic E-state index is -2.41. The third-order valence-electron chi connectivity index (χ3n) is 4.31. The molecule has 1 aliphatic carbocycles. The van der Waals surface area contributed by atoms with Crippen LogP contribution in [-0.2, 0) is 0 Å². The highest BCUT2D eigenvalue weighted by Gasteiger charge is 2.47. The van der Waals surface area contributed by atoms with Gasteiger partial charge in [-0.1, -0.05) is 52.4 Å². The van der Waals surface area contributed by atoms with Gasteiger partial charge in [0.05, 0.1) is 0 Å². The van der Waals surface area contributed by atoms with Gasteiger partial charge in [0.25, 0.3) is 5.92 Å². The van der Waals surface area contributed by atoms with Crippen molar-refractivity contribution in [2.45, 2.75) is 102 Å². The number of halogens is 2. The first-order valence-corrected chi connectivity index (χ1v) is 8.06. The fraction of sp³-hybridized carbons (Fsp3) is 1.00. The Morgan fingerprint density at radius 1 is 1.00 bits per heavy atom. The minimum Gasteiger partial charge on any atom is -0.308 e. The summed E-state index contributed by atoms with van der Waals surface area (Å²) in [5, 5.41) is 3.52. The van der Waals surface area contributed by atoms with Gasteiger partial charge in [-0.2, -0.15) is 0 Å². The van der Waals surface area contributed by atoms with Gasteiger partial charge in [-0.15, -0.1) is 0 Å². The molecule has 1 rings (SSSR count). The quantitative estimate of drug-likeness (QED) is 0.534. The number of unbranched alkanes of at least 4 members (excludes halogenated alkanes) is 4. The van der Waals surface area contributed by atoms with Crippen LogP contribution in [0.4, 0.5) is 8.78 Å². The zero-order chi connectivity index (χ0) is 14.4. The number of hydrogen-bond donors (Lipinski definition) is 1. The monoisotopic (exact) mass is 275 g/mol. The van der Waals surface area contributed by atoms with Gasteiger partial charge >= 0.3 is 0 Å². The van der Waals surface area contributed by atoms with E-state index in [1.165, 1.54) is 38.5 Å². The molecule has 1 aliphatic rings. The van der Waals surface area contributed by atoms with Crippen LogP contribution < -0.4 is 5.32 Å². The molecule has 0 aliphatic heterocycles. The second-order valence-corrected chi connectivity index (χ2v) is 6.58. The lowest BCUT2D eigenvalue weighted by molar-refractivity contribution is -0.0988. The normalized spacial score (nSPS) is 19.4. The van der Waals surface area contributed by atoms with Gasteiger partial charge in [-0.3, -0.25) is 0 Å². The van der Waals surface area contributed by atoms with E-state index < -0.39 is 5.92 Å². The van der Waals surface area contributed by atoms with Crippen molar-refractivity contribution in [3.05, 3.63) is 0 Å². The van der Waals surface area contributed by atoms with Gasteiger partial charge in [0, 0.05) is 24.4 Å². The smallest absolute Gasteiger partial charge is 0.251 e. The molecule has 0 atom stereocenters. The lowest BCUT2D eigenvalue weighted by atomic mass is 9.82. The van der Waals surface area contributed by atoms with Crippen molar-refractivity contribution in [1.29, 1.82) is 0 Å². The molecule has 19 heavy (non-hydrogen) atoms. The molecule has 0 spiro atoms. The van der Waals surface area contributed by atoms with Crippen molar-refractivity contribution >= 4 is 0 Å². The van der Waals surface area contributed by atoms with Crippen molar-refractivity contribution < 1.29 is 8.78 Å². The van der Waals surface area contributed by atoms with Crippen molar-refractivity contribution in [1.82, 2.24) is 5.32 Å². The third-order valence-corrected chi connectivity index (χ3v) is 4.31. The average Bonchev–Trinajstić information content (AvgIpc) is 2.27. The van der Waals surface area contributed by atoms with Crippen LogP contribution in [0.25, 0.3) is 0 Å². The van der Waals surface area contributed by atoms with E-state index in [2.05, 4.69) is 26.1 Å². The van der Waals surface area contributed by atoms with Crippen molar-refractivity contribution in [2.75, 3.05) is 0 Å². The Balaban J connectivity index is 2.38. The Morgan fingerprint density at radius 3 is 1.84 bits per heavy atom. The zero-order valence-electron chi connectivity index (χ0n) is 12.9. The van der Waals surface area contributed by atoms with Crippen molar-refractivity contribution in [3.8, 4) is 0 Å². The Hall–Kier alpha value is -0.180. The predicted octanol–water partition coefficient (Wildman–Crippen LogP) is 5.29. The van der Waals surface area contributed by atoms with Crippen LogP contribution >= 0.6 is 0 Å². The molecule has 1 N–H and O–H groups in total. The maximum Gasteiger partial charge on any atom is 0.251 e. The summed E-state index contributed by atoms with van der Waals surface area (Å²) in [5.74, 6) is -2.41. The van der Waals surface area contributed by atoms with Crippen LogP contribution in [0.2, 0.25) is 0 Å². The van der Waals surface area contributed by atoms with Crippen LogP contribution in [0.3, 0.4) is 0 Å². The molecule has 1 fully saturated rings. The molecule has 3 heteroatoms. The summed E-state index contributed by atoms with van der Waals surface area (Å²) in [4.78, 5) is 0. The highest BCUT2D eigenvalue weighted by atomic mass is 19.3. The fourth-order valence-electron chi connectivity index (χ4n) is 3.06. The van der Waals surface area contributed by atoms with E-state index in [1.807, 2.05) is 0 Å². The molecular formula is C16H31F2N. The lowest BCUT2D eigenvalue weighted by Gasteiger charge is -2.43. The highest BCUT2D eigenvalue weighted by molar-refractivity contribution is 4.96.